The summed E-state index contributed by atoms with van der Waals surface area (Å²) in [5.41, 5.74) is 1.40. The summed E-state index contributed by atoms with van der Waals surface area (Å²) in [6.45, 7) is 0.935. The van der Waals surface area contributed by atoms with Gasteiger partial charge in [0.1, 0.15) is 6.04 Å². The van der Waals surface area contributed by atoms with Crippen LogP contribution < -0.4 is 5.32 Å². The van der Waals surface area contributed by atoms with Gasteiger partial charge in [0.05, 0.1) is 4.90 Å². The van der Waals surface area contributed by atoms with E-state index in [-0.39, 0.29) is 10.8 Å². The molecule has 0 radical (unpaired) electrons. The van der Waals surface area contributed by atoms with Crippen molar-refractivity contribution < 1.29 is 13.2 Å². The van der Waals surface area contributed by atoms with Gasteiger partial charge in [-0.15, -0.1) is 0 Å². The Balaban J connectivity index is 1.66. The fraction of sp³-hybridized carbons (Fsp3) is 0.550. The van der Waals surface area contributed by atoms with Crippen LogP contribution in [0.5, 0.6) is 0 Å². The molecule has 1 aromatic rings. The molecule has 3 rings (SSSR count). The second-order valence-electron chi connectivity index (χ2n) is 7.23. The highest BCUT2D eigenvalue weighted by atomic mass is 35.5. The summed E-state index contributed by atoms with van der Waals surface area (Å²) in [5.74, 6) is -0.191. The molecule has 1 fully saturated rings. The predicted molar refractivity (Wildman–Crippen MR) is 107 cm³/mol. The molecule has 0 saturated carbocycles. The predicted octanol–water partition coefficient (Wildman–Crippen LogP) is 3.89. The van der Waals surface area contributed by atoms with Gasteiger partial charge < -0.3 is 5.32 Å². The maximum absolute atomic E-state index is 13.0. The molecule has 0 aromatic heterocycles. The molecule has 1 aromatic carbocycles. The lowest BCUT2D eigenvalue weighted by molar-refractivity contribution is -0.125. The van der Waals surface area contributed by atoms with Crippen LogP contribution in [0.3, 0.4) is 0 Å². The molecule has 1 aliphatic heterocycles. The molecule has 7 heteroatoms. The van der Waals surface area contributed by atoms with Gasteiger partial charge in [0, 0.05) is 18.1 Å². The molecule has 148 valence electrons. The minimum atomic E-state index is -3.72. The molecule has 27 heavy (non-hydrogen) atoms. The SMILES string of the molecule is O=C(NCCC1=CCCCC1)[C@H]1CCCCN1S(=O)(=O)c1ccc(Cl)cc1. The van der Waals surface area contributed by atoms with Crippen molar-refractivity contribution in [2.75, 3.05) is 13.1 Å². The number of allylic oxidation sites excluding steroid dienone is 1. The van der Waals surface area contributed by atoms with Crippen molar-refractivity contribution in [2.24, 2.45) is 0 Å². The van der Waals surface area contributed by atoms with Crippen molar-refractivity contribution in [1.82, 2.24) is 9.62 Å². The van der Waals surface area contributed by atoms with E-state index < -0.39 is 16.1 Å². The molecule has 1 heterocycles. The van der Waals surface area contributed by atoms with Crippen molar-refractivity contribution in [3.8, 4) is 0 Å². The number of amides is 1. The van der Waals surface area contributed by atoms with E-state index in [2.05, 4.69) is 11.4 Å². The number of piperidine rings is 1. The summed E-state index contributed by atoms with van der Waals surface area (Å²) >= 11 is 5.87. The summed E-state index contributed by atoms with van der Waals surface area (Å²) in [4.78, 5) is 12.9. The summed E-state index contributed by atoms with van der Waals surface area (Å²) in [5, 5.41) is 3.44. The fourth-order valence-corrected chi connectivity index (χ4v) is 5.57. The van der Waals surface area contributed by atoms with E-state index in [0.717, 1.165) is 32.1 Å². The van der Waals surface area contributed by atoms with Crippen LogP contribution in [0.1, 0.15) is 51.4 Å². The van der Waals surface area contributed by atoms with Crippen molar-refractivity contribution >= 4 is 27.5 Å². The van der Waals surface area contributed by atoms with E-state index >= 15 is 0 Å². The van der Waals surface area contributed by atoms with Gasteiger partial charge in [0.25, 0.3) is 0 Å². The molecule has 1 atom stereocenters. The average Bonchev–Trinajstić information content (AvgIpc) is 2.69. The highest BCUT2D eigenvalue weighted by molar-refractivity contribution is 7.89. The Bertz CT molecular complexity index is 790. The number of carbonyl (C=O) groups excluding carboxylic acids is 1. The van der Waals surface area contributed by atoms with Gasteiger partial charge in [-0.25, -0.2) is 8.42 Å². The summed E-state index contributed by atoms with van der Waals surface area (Å²) < 4.78 is 27.4. The molecule has 0 spiro atoms. The smallest absolute Gasteiger partial charge is 0.243 e. The van der Waals surface area contributed by atoms with Crippen LogP contribution >= 0.6 is 11.6 Å². The van der Waals surface area contributed by atoms with Crippen LogP contribution in [0.2, 0.25) is 5.02 Å². The average molecular weight is 411 g/mol. The van der Waals surface area contributed by atoms with Crippen molar-refractivity contribution in [3.63, 3.8) is 0 Å². The van der Waals surface area contributed by atoms with Crippen molar-refractivity contribution in [1.29, 1.82) is 0 Å². The molecule has 1 amide bonds. The lowest BCUT2D eigenvalue weighted by Gasteiger charge is -2.33. The van der Waals surface area contributed by atoms with Gasteiger partial charge >= 0.3 is 0 Å². The van der Waals surface area contributed by atoms with Gasteiger partial charge in [-0.1, -0.05) is 29.7 Å². The molecular weight excluding hydrogens is 384 g/mol. The largest absolute Gasteiger partial charge is 0.354 e. The van der Waals surface area contributed by atoms with Crippen LogP contribution in [0.4, 0.5) is 0 Å². The topological polar surface area (TPSA) is 66.5 Å². The zero-order valence-electron chi connectivity index (χ0n) is 15.5. The Hall–Kier alpha value is -1.37. The first-order valence-corrected chi connectivity index (χ1v) is 11.5. The molecule has 1 aliphatic carbocycles. The van der Waals surface area contributed by atoms with Crippen LogP contribution in [0.25, 0.3) is 0 Å². The number of nitrogens with zero attached hydrogens (tertiary/aromatic N) is 1. The van der Waals surface area contributed by atoms with Crippen LogP contribution in [0, 0.1) is 0 Å². The third-order valence-corrected chi connectivity index (χ3v) is 7.48. The lowest BCUT2D eigenvalue weighted by Crippen LogP contribution is -2.51. The number of hydrogen-bond acceptors (Lipinski definition) is 3. The van der Waals surface area contributed by atoms with Crippen LogP contribution in [-0.2, 0) is 14.8 Å². The molecular formula is C20H27ClN2O3S. The van der Waals surface area contributed by atoms with Crippen molar-refractivity contribution in [3.05, 3.63) is 40.9 Å². The number of rotatable bonds is 6. The van der Waals surface area contributed by atoms with Gasteiger partial charge in [-0.05, 0) is 69.2 Å². The molecule has 1 saturated heterocycles. The minimum absolute atomic E-state index is 0.180. The summed E-state index contributed by atoms with van der Waals surface area (Å²) in [6, 6.07) is 5.48. The quantitative estimate of drug-likeness (QED) is 0.723. The number of halogens is 1. The first-order chi connectivity index (χ1) is 13.0. The molecule has 5 nitrogen and oxygen atoms in total. The fourth-order valence-electron chi connectivity index (χ4n) is 3.79. The number of benzene rings is 1. The standard InChI is InChI=1S/C20H27ClN2O3S/c21-17-9-11-18(12-10-17)27(25,26)23-15-5-4-8-19(23)20(24)22-14-13-16-6-2-1-3-7-16/h6,9-12,19H,1-5,7-8,13-15H2,(H,22,24)/t19-/m1/s1. The number of hydrogen-bond donors (Lipinski definition) is 1. The maximum Gasteiger partial charge on any atom is 0.243 e. The van der Waals surface area contributed by atoms with E-state index in [1.807, 2.05) is 0 Å². The van der Waals surface area contributed by atoms with E-state index in [1.54, 1.807) is 12.1 Å². The monoisotopic (exact) mass is 410 g/mol. The van der Waals surface area contributed by atoms with Crippen LogP contribution in [-0.4, -0.2) is 37.8 Å². The normalized spacial score (nSPS) is 21.5. The second kappa shape index (κ2) is 9.22. The maximum atomic E-state index is 13.0. The summed E-state index contributed by atoms with van der Waals surface area (Å²) in [6.07, 6.45) is 10.00. The minimum Gasteiger partial charge on any atom is -0.354 e. The third-order valence-electron chi connectivity index (χ3n) is 5.31. The number of nitrogens with one attached hydrogen (secondary N) is 1. The van der Waals surface area contributed by atoms with E-state index in [4.69, 9.17) is 11.6 Å². The number of sulfonamides is 1. The second-order valence-corrected chi connectivity index (χ2v) is 9.56. The van der Waals surface area contributed by atoms with Crippen LogP contribution in [0.15, 0.2) is 40.8 Å². The Morgan fingerprint density at radius 2 is 1.93 bits per heavy atom. The van der Waals surface area contributed by atoms with Crippen molar-refractivity contribution in [2.45, 2.75) is 62.3 Å². The Morgan fingerprint density at radius 1 is 1.15 bits per heavy atom. The lowest BCUT2D eigenvalue weighted by atomic mass is 9.97. The van der Waals surface area contributed by atoms with E-state index in [1.165, 1.54) is 34.9 Å². The third kappa shape index (κ3) is 5.12. The van der Waals surface area contributed by atoms with E-state index in [9.17, 15) is 13.2 Å². The molecule has 2 aliphatic rings. The van der Waals surface area contributed by atoms with E-state index in [0.29, 0.717) is 24.5 Å². The first-order valence-electron chi connectivity index (χ1n) is 9.71. The first kappa shape index (κ1) is 20.4. The Morgan fingerprint density at radius 3 is 2.63 bits per heavy atom. The zero-order chi connectivity index (χ0) is 19.3. The van der Waals surface area contributed by atoms with Gasteiger partial charge in [0.2, 0.25) is 15.9 Å². The van der Waals surface area contributed by atoms with Gasteiger partial charge in [0.15, 0.2) is 0 Å². The Labute approximate surface area is 166 Å². The highest BCUT2D eigenvalue weighted by Crippen LogP contribution is 2.26. The number of carbonyl (C=O) groups is 1. The highest BCUT2D eigenvalue weighted by Gasteiger charge is 2.37. The molecule has 1 N–H and O–H groups in total. The van der Waals surface area contributed by atoms with Gasteiger partial charge in [-0.2, -0.15) is 4.31 Å². The molecule has 0 bridgehead atoms. The molecule has 0 unspecified atom stereocenters. The zero-order valence-corrected chi connectivity index (χ0v) is 17.1. The summed E-state index contributed by atoms with van der Waals surface area (Å²) in [7, 11) is -3.72. The van der Waals surface area contributed by atoms with Gasteiger partial charge in [-0.3, -0.25) is 4.79 Å². The Kier molecular flexibility index (Phi) is 6.95.